The van der Waals surface area contributed by atoms with Gasteiger partial charge in [0.15, 0.2) is 6.10 Å². The third kappa shape index (κ3) is 38.7. The molecule has 0 bridgehead atoms. The molecule has 0 aliphatic rings. The normalized spacial score (nSPS) is 14.1. The molecule has 0 aromatic rings. The Morgan fingerprint density at radius 3 is 1.41 bits per heavy atom. The van der Waals surface area contributed by atoms with Gasteiger partial charge in [0.1, 0.15) is 12.7 Å². The fourth-order valence-electron chi connectivity index (χ4n) is 5.93. The van der Waals surface area contributed by atoms with Gasteiger partial charge in [0.2, 0.25) is 0 Å². The van der Waals surface area contributed by atoms with Crippen molar-refractivity contribution < 1.29 is 47.8 Å². The van der Waals surface area contributed by atoms with E-state index in [9.17, 15) is 24.2 Å². The molecule has 0 spiro atoms. The number of ether oxygens (including phenoxy) is 2. The van der Waals surface area contributed by atoms with Gasteiger partial charge in [-0.15, -0.1) is 0 Å². The van der Waals surface area contributed by atoms with Crippen LogP contribution in [0.15, 0.2) is 24.3 Å². The summed E-state index contributed by atoms with van der Waals surface area (Å²) >= 11 is 0. The Labute approximate surface area is 329 Å². The van der Waals surface area contributed by atoms with Crippen LogP contribution in [-0.4, -0.2) is 65.7 Å². The predicted molar refractivity (Wildman–Crippen MR) is 219 cm³/mol. The SMILES string of the molecule is CCC/C=C\CCCCCCCC(=O)OCC(COP(=O)(O)OCC(O)CO)OC(=O)CCCCCCCCCCC/C=C\CCCCCCCCCC. The molecule has 3 unspecified atom stereocenters. The van der Waals surface area contributed by atoms with E-state index in [-0.39, 0.29) is 19.4 Å². The molecular weight excluding hydrogens is 707 g/mol. The molecule has 0 aliphatic heterocycles. The number of rotatable bonds is 41. The molecular formula is C43H81O10P. The number of aliphatic hydroxyl groups excluding tert-OH is 2. The molecule has 0 aliphatic carbocycles. The van der Waals surface area contributed by atoms with Crippen LogP contribution in [0.4, 0.5) is 0 Å². The van der Waals surface area contributed by atoms with E-state index in [1.165, 1.54) is 96.3 Å². The van der Waals surface area contributed by atoms with Crippen molar-refractivity contribution in [2.75, 3.05) is 26.4 Å². The zero-order valence-electron chi connectivity index (χ0n) is 34.4. The number of carbonyl (C=O) groups excluding carboxylic acids is 2. The van der Waals surface area contributed by atoms with E-state index in [4.69, 9.17) is 19.1 Å². The number of hydrogen-bond donors (Lipinski definition) is 3. The number of hydrogen-bond acceptors (Lipinski definition) is 9. The summed E-state index contributed by atoms with van der Waals surface area (Å²) in [6.45, 7) is 2.31. The number of phosphoric ester groups is 1. The predicted octanol–water partition coefficient (Wildman–Crippen LogP) is 11.4. The van der Waals surface area contributed by atoms with Crippen LogP contribution in [0.1, 0.15) is 200 Å². The number of phosphoric acid groups is 1. The van der Waals surface area contributed by atoms with Gasteiger partial charge >= 0.3 is 19.8 Å². The quantitative estimate of drug-likeness (QED) is 0.0236. The molecule has 0 aromatic heterocycles. The van der Waals surface area contributed by atoms with Crippen LogP contribution >= 0.6 is 7.82 Å². The average molecular weight is 789 g/mol. The molecule has 11 heteroatoms. The van der Waals surface area contributed by atoms with Crippen LogP contribution in [0.3, 0.4) is 0 Å². The molecule has 3 atom stereocenters. The molecule has 0 saturated carbocycles. The van der Waals surface area contributed by atoms with Crippen LogP contribution in [0.2, 0.25) is 0 Å². The molecule has 0 radical (unpaired) electrons. The molecule has 0 heterocycles. The van der Waals surface area contributed by atoms with Crippen LogP contribution in [0.5, 0.6) is 0 Å². The molecule has 0 rings (SSSR count). The Bertz CT molecular complexity index is 957. The molecule has 54 heavy (non-hydrogen) atoms. The summed E-state index contributed by atoms with van der Waals surface area (Å²) in [7, 11) is -4.61. The fourth-order valence-corrected chi connectivity index (χ4v) is 6.72. The lowest BCUT2D eigenvalue weighted by atomic mass is 10.1. The van der Waals surface area contributed by atoms with Crippen molar-refractivity contribution in [3.8, 4) is 0 Å². The Morgan fingerprint density at radius 2 is 0.944 bits per heavy atom. The molecule has 0 aromatic carbocycles. The Morgan fingerprint density at radius 1 is 0.537 bits per heavy atom. The number of esters is 2. The van der Waals surface area contributed by atoms with Crippen molar-refractivity contribution in [1.29, 1.82) is 0 Å². The van der Waals surface area contributed by atoms with Crippen molar-refractivity contribution in [3.63, 3.8) is 0 Å². The summed E-state index contributed by atoms with van der Waals surface area (Å²) in [6.07, 6.45) is 38.7. The van der Waals surface area contributed by atoms with Crippen LogP contribution < -0.4 is 0 Å². The maximum atomic E-state index is 12.6. The van der Waals surface area contributed by atoms with Crippen molar-refractivity contribution in [2.45, 2.75) is 212 Å². The first-order valence-corrected chi connectivity index (χ1v) is 23.3. The zero-order valence-corrected chi connectivity index (χ0v) is 35.3. The van der Waals surface area contributed by atoms with E-state index in [0.29, 0.717) is 12.8 Å². The largest absolute Gasteiger partial charge is 0.472 e. The van der Waals surface area contributed by atoms with Crippen LogP contribution in [0.25, 0.3) is 0 Å². The Kier molecular flexibility index (Phi) is 38.5. The summed E-state index contributed by atoms with van der Waals surface area (Å²) < 4.78 is 32.6. The summed E-state index contributed by atoms with van der Waals surface area (Å²) in [6, 6.07) is 0. The maximum Gasteiger partial charge on any atom is 0.472 e. The van der Waals surface area contributed by atoms with Gasteiger partial charge in [0, 0.05) is 12.8 Å². The summed E-state index contributed by atoms with van der Waals surface area (Å²) in [5, 5.41) is 18.3. The first-order valence-electron chi connectivity index (χ1n) is 21.8. The van der Waals surface area contributed by atoms with E-state index >= 15 is 0 Å². The smallest absolute Gasteiger partial charge is 0.462 e. The lowest BCUT2D eigenvalue weighted by Crippen LogP contribution is -2.29. The highest BCUT2D eigenvalue weighted by Gasteiger charge is 2.27. The molecule has 0 saturated heterocycles. The minimum absolute atomic E-state index is 0.182. The van der Waals surface area contributed by atoms with Gasteiger partial charge < -0.3 is 24.6 Å². The third-order valence-corrected chi connectivity index (χ3v) is 10.3. The van der Waals surface area contributed by atoms with Gasteiger partial charge in [0.25, 0.3) is 0 Å². The minimum Gasteiger partial charge on any atom is -0.462 e. The fraction of sp³-hybridized carbons (Fsp3) is 0.860. The second kappa shape index (κ2) is 39.7. The van der Waals surface area contributed by atoms with E-state index in [1.807, 2.05) is 0 Å². The van der Waals surface area contributed by atoms with Crippen molar-refractivity contribution in [3.05, 3.63) is 24.3 Å². The second-order valence-electron chi connectivity index (χ2n) is 14.7. The summed E-state index contributed by atoms with van der Waals surface area (Å²) in [5.74, 6) is -0.935. The van der Waals surface area contributed by atoms with Gasteiger partial charge in [-0.05, 0) is 57.8 Å². The molecule has 0 amide bonds. The zero-order chi connectivity index (χ0) is 39.8. The standard InChI is InChI=1S/C43H81O10P/c1-3-5-7-9-11-13-15-16-17-18-19-20-21-22-23-24-25-27-29-31-33-35-43(47)53-41(39-52-54(48,49)51-37-40(45)36-44)38-50-42(46)34-32-30-28-26-14-12-10-8-6-4-2/h8,10,18-19,40-41,44-45H,3-7,9,11-17,20-39H2,1-2H3,(H,48,49)/b10-8-,19-18-. The Balaban J connectivity index is 4.20. The number of carbonyl (C=O) groups is 2. The van der Waals surface area contributed by atoms with Gasteiger partial charge in [-0.2, -0.15) is 0 Å². The molecule has 318 valence electrons. The first-order chi connectivity index (χ1) is 26.2. The first kappa shape index (κ1) is 52.5. The second-order valence-corrected chi connectivity index (χ2v) is 16.2. The van der Waals surface area contributed by atoms with Crippen molar-refractivity contribution in [2.24, 2.45) is 0 Å². The van der Waals surface area contributed by atoms with E-state index in [0.717, 1.165) is 64.2 Å². The summed E-state index contributed by atoms with van der Waals surface area (Å²) in [4.78, 5) is 34.9. The number of unbranched alkanes of at least 4 members (excludes halogenated alkanes) is 23. The van der Waals surface area contributed by atoms with Gasteiger partial charge in [0.05, 0.1) is 19.8 Å². The van der Waals surface area contributed by atoms with Crippen LogP contribution in [-0.2, 0) is 32.7 Å². The van der Waals surface area contributed by atoms with Gasteiger partial charge in [-0.1, -0.05) is 154 Å². The highest BCUT2D eigenvalue weighted by molar-refractivity contribution is 7.47. The summed E-state index contributed by atoms with van der Waals surface area (Å²) in [5.41, 5.74) is 0. The topological polar surface area (TPSA) is 149 Å². The third-order valence-electron chi connectivity index (χ3n) is 9.31. The average Bonchev–Trinajstić information content (AvgIpc) is 3.16. The highest BCUT2D eigenvalue weighted by atomic mass is 31.2. The molecule has 10 nitrogen and oxygen atoms in total. The molecule has 0 fully saturated rings. The minimum atomic E-state index is -4.61. The number of aliphatic hydroxyl groups is 2. The lowest BCUT2D eigenvalue weighted by Gasteiger charge is -2.20. The number of allylic oxidation sites excluding steroid dienone is 4. The maximum absolute atomic E-state index is 12.6. The molecule has 3 N–H and O–H groups in total. The Hall–Kier alpha value is -1.55. The van der Waals surface area contributed by atoms with E-state index < -0.39 is 51.8 Å². The van der Waals surface area contributed by atoms with Gasteiger partial charge in [-0.3, -0.25) is 18.6 Å². The van der Waals surface area contributed by atoms with E-state index in [2.05, 4.69) is 42.7 Å². The van der Waals surface area contributed by atoms with Crippen LogP contribution in [0, 0.1) is 0 Å². The van der Waals surface area contributed by atoms with Crippen molar-refractivity contribution in [1.82, 2.24) is 0 Å². The lowest BCUT2D eigenvalue weighted by molar-refractivity contribution is -0.161. The van der Waals surface area contributed by atoms with Gasteiger partial charge in [-0.25, -0.2) is 4.57 Å². The van der Waals surface area contributed by atoms with E-state index in [1.54, 1.807) is 0 Å². The highest BCUT2D eigenvalue weighted by Crippen LogP contribution is 2.43. The van der Waals surface area contributed by atoms with Crippen molar-refractivity contribution >= 4 is 19.8 Å². The monoisotopic (exact) mass is 789 g/mol.